The molecular weight excluding hydrogens is 232 g/mol. The van der Waals surface area contributed by atoms with Gasteiger partial charge in [-0.1, -0.05) is 36.4 Å². The highest BCUT2D eigenvalue weighted by Crippen LogP contribution is 2.33. The monoisotopic (exact) mass is 242 g/mol. The van der Waals surface area contributed by atoms with E-state index in [-0.39, 0.29) is 0 Å². The van der Waals surface area contributed by atoms with Crippen LogP contribution in [-0.4, -0.2) is 0 Å². The fourth-order valence-corrected chi connectivity index (χ4v) is 2.37. The van der Waals surface area contributed by atoms with Crippen LogP contribution in [0.4, 0.5) is 0 Å². The number of benzene rings is 2. The van der Waals surface area contributed by atoms with Gasteiger partial charge in [0.2, 0.25) is 0 Å². The van der Waals surface area contributed by atoms with Crippen LogP contribution in [0, 0.1) is 6.92 Å². The number of furan rings is 1. The Hall–Kier alpha value is -1.73. The van der Waals surface area contributed by atoms with Crippen molar-refractivity contribution < 1.29 is 4.42 Å². The summed E-state index contributed by atoms with van der Waals surface area (Å²) in [7, 11) is 0. The van der Waals surface area contributed by atoms with E-state index in [0.29, 0.717) is 5.03 Å². The minimum absolute atomic E-state index is 0.565. The van der Waals surface area contributed by atoms with E-state index in [4.69, 9.17) is 16.0 Å². The molecule has 0 atom stereocenters. The Bertz CT molecular complexity index is 737. The van der Waals surface area contributed by atoms with E-state index in [1.165, 1.54) is 0 Å². The molecule has 0 unspecified atom stereocenters. The summed E-state index contributed by atoms with van der Waals surface area (Å²) in [6.45, 7) is 5.80. The summed E-state index contributed by atoms with van der Waals surface area (Å²) in [6, 6.07) is 12.1. The first-order valence-electron chi connectivity index (χ1n) is 5.43. The Balaban J connectivity index is 2.47. The molecule has 2 heteroatoms. The summed E-state index contributed by atoms with van der Waals surface area (Å²) >= 11 is 6.00. The topological polar surface area (TPSA) is 13.1 Å². The molecular formula is C15H11ClO. The average Bonchev–Trinajstić information content (AvgIpc) is 2.64. The first kappa shape index (κ1) is 10.4. The zero-order valence-corrected chi connectivity index (χ0v) is 10.2. The van der Waals surface area contributed by atoms with E-state index < -0.39 is 0 Å². The van der Waals surface area contributed by atoms with Gasteiger partial charge in [0.25, 0.3) is 0 Å². The van der Waals surface area contributed by atoms with Crippen molar-refractivity contribution in [2.45, 2.75) is 6.92 Å². The summed E-state index contributed by atoms with van der Waals surface area (Å²) in [5, 5.41) is 2.76. The van der Waals surface area contributed by atoms with Crippen molar-refractivity contribution >= 4 is 38.6 Å². The Morgan fingerprint density at radius 1 is 1.12 bits per heavy atom. The van der Waals surface area contributed by atoms with Crippen molar-refractivity contribution in [2.24, 2.45) is 0 Å². The standard InChI is InChI=1S/C15H11ClO/c1-9-7-15-13(8-12(9)10(2)16)11-5-3-4-6-14(11)17-15/h3-8H,2H2,1H3. The van der Waals surface area contributed by atoms with Crippen LogP contribution in [-0.2, 0) is 0 Å². The zero-order chi connectivity index (χ0) is 12.0. The Kier molecular flexibility index (Phi) is 2.23. The molecule has 0 spiro atoms. The summed E-state index contributed by atoms with van der Waals surface area (Å²) < 4.78 is 5.80. The molecule has 0 bridgehead atoms. The summed E-state index contributed by atoms with van der Waals surface area (Å²) in [5.74, 6) is 0. The van der Waals surface area contributed by atoms with E-state index in [0.717, 1.165) is 33.1 Å². The van der Waals surface area contributed by atoms with Crippen LogP contribution < -0.4 is 0 Å². The third-order valence-corrected chi connectivity index (χ3v) is 3.22. The van der Waals surface area contributed by atoms with E-state index >= 15 is 0 Å². The minimum atomic E-state index is 0.565. The first-order chi connectivity index (χ1) is 8.16. The molecule has 2 aromatic carbocycles. The second-order valence-electron chi connectivity index (χ2n) is 4.17. The van der Waals surface area contributed by atoms with E-state index in [2.05, 4.69) is 12.6 Å². The highest BCUT2D eigenvalue weighted by Gasteiger charge is 2.10. The molecule has 0 aliphatic rings. The summed E-state index contributed by atoms with van der Waals surface area (Å²) in [5.41, 5.74) is 3.85. The van der Waals surface area contributed by atoms with Gasteiger partial charge in [-0.3, -0.25) is 0 Å². The quantitative estimate of drug-likeness (QED) is 0.578. The molecule has 0 fully saturated rings. The largest absolute Gasteiger partial charge is 0.456 e. The third-order valence-electron chi connectivity index (χ3n) is 3.02. The molecule has 17 heavy (non-hydrogen) atoms. The Labute approximate surface area is 104 Å². The van der Waals surface area contributed by atoms with Crippen LogP contribution in [0.25, 0.3) is 27.0 Å². The molecule has 3 rings (SSSR count). The van der Waals surface area contributed by atoms with Gasteiger partial charge in [-0.05, 0) is 36.2 Å². The zero-order valence-electron chi connectivity index (χ0n) is 9.46. The lowest BCUT2D eigenvalue weighted by molar-refractivity contribution is 0.668. The van der Waals surface area contributed by atoms with Crippen LogP contribution in [0.3, 0.4) is 0 Å². The lowest BCUT2D eigenvalue weighted by Gasteiger charge is -2.02. The first-order valence-corrected chi connectivity index (χ1v) is 5.81. The lowest BCUT2D eigenvalue weighted by atomic mass is 10.0. The predicted octanol–water partition coefficient (Wildman–Crippen LogP) is 5.10. The number of halogens is 1. The second-order valence-corrected chi connectivity index (χ2v) is 4.62. The van der Waals surface area contributed by atoms with Crippen molar-refractivity contribution in [2.75, 3.05) is 0 Å². The Morgan fingerprint density at radius 2 is 1.88 bits per heavy atom. The third kappa shape index (κ3) is 1.55. The molecule has 0 aliphatic heterocycles. The molecule has 0 saturated carbocycles. The summed E-state index contributed by atoms with van der Waals surface area (Å²) in [6.07, 6.45) is 0. The lowest BCUT2D eigenvalue weighted by Crippen LogP contribution is -1.82. The van der Waals surface area contributed by atoms with Gasteiger partial charge in [-0.15, -0.1) is 0 Å². The molecule has 1 nitrogen and oxygen atoms in total. The fourth-order valence-electron chi connectivity index (χ4n) is 2.17. The SMILES string of the molecule is C=C(Cl)c1cc2c(cc1C)oc1ccccc12. The molecule has 1 heterocycles. The molecule has 0 N–H and O–H groups in total. The van der Waals surface area contributed by atoms with Crippen LogP contribution >= 0.6 is 11.6 Å². The number of rotatable bonds is 1. The van der Waals surface area contributed by atoms with Gasteiger partial charge in [0.1, 0.15) is 11.2 Å². The molecule has 0 aliphatic carbocycles. The van der Waals surface area contributed by atoms with Crippen molar-refractivity contribution in [3.63, 3.8) is 0 Å². The van der Waals surface area contributed by atoms with Crippen molar-refractivity contribution in [1.82, 2.24) is 0 Å². The molecule has 1 aromatic heterocycles. The molecule has 0 radical (unpaired) electrons. The molecule has 84 valence electrons. The van der Waals surface area contributed by atoms with Crippen LogP contribution in [0.1, 0.15) is 11.1 Å². The van der Waals surface area contributed by atoms with Crippen LogP contribution in [0.15, 0.2) is 47.4 Å². The highest BCUT2D eigenvalue weighted by molar-refractivity contribution is 6.48. The second kappa shape index (κ2) is 3.64. The van der Waals surface area contributed by atoms with Crippen LogP contribution in [0.2, 0.25) is 0 Å². The number of aryl methyl sites for hydroxylation is 1. The van der Waals surface area contributed by atoms with Gasteiger partial charge in [0, 0.05) is 15.8 Å². The number of hydrogen-bond donors (Lipinski definition) is 0. The van der Waals surface area contributed by atoms with Crippen molar-refractivity contribution in [1.29, 1.82) is 0 Å². The molecule has 0 amide bonds. The molecule has 0 saturated heterocycles. The van der Waals surface area contributed by atoms with E-state index in [9.17, 15) is 0 Å². The van der Waals surface area contributed by atoms with Gasteiger partial charge in [-0.2, -0.15) is 0 Å². The van der Waals surface area contributed by atoms with Crippen molar-refractivity contribution in [3.8, 4) is 0 Å². The number of fused-ring (bicyclic) bond motifs is 3. The number of para-hydroxylation sites is 1. The van der Waals surface area contributed by atoms with Gasteiger partial charge in [0.15, 0.2) is 0 Å². The maximum absolute atomic E-state index is 6.00. The van der Waals surface area contributed by atoms with Gasteiger partial charge in [0.05, 0.1) is 0 Å². The minimum Gasteiger partial charge on any atom is -0.456 e. The maximum Gasteiger partial charge on any atom is 0.135 e. The Morgan fingerprint density at radius 3 is 2.65 bits per heavy atom. The fraction of sp³-hybridized carbons (Fsp3) is 0.0667. The summed E-state index contributed by atoms with van der Waals surface area (Å²) in [4.78, 5) is 0. The maximum atomic E-state index is 6.00. The van der Waals surface area contributed by atoms with Crippen molar-refractivity contribution in [3.05, 3.63) is 54.1 Å². The van der Waals surface area contributed by atoms with Gasteiger partial charge in [-0.25, -0.2) is 0 Å². The normalized spacial score (nSPS) is 11.2. The van der Waals surface area contributed by atoms with Gasteiger partial charge >= 0.3 is 0 Å². The van der Waals surface area contributed by atoms with Gasteiger partial charge < -0.3 is 4.42 Å². The predicted molar refractivity (Wildman–Crippen MR) is 73.3 cm³/mol. The highest BCUT2D eigenvalue weighted by atomic mass is 35.5. The number of hydrogen-bond acceptors (Lipinski definition) is 1. The average molecular weight is 243 g/mol. The van der Waals surface area contributed by atoms with E-state index in [1.54, 1.807) is 0 Å². The smallest absolute Gasteiger partial charge is 0.135 e. The molecule has 3 aromatic rings. The van der Waals surface area contributed by atoms with Crippen LogP contribution in [0.5, 0.6) is 0 Å². The van der Waals surface area contributed by atoms with E-state index in [1.807, 2.05) is 37.3 Å².